The van der Waals surface area contributed by atoms with Gasteiger partial charge < -0.3 is 4.57 Å². The van der Waals surface area contributed by atoms with E-state index in [0.717, 1.165) is 23.5 Å². The minimum atomic E-state index is -3.06. The first-order chi connectivity index (χ1) is 13.9. The van der Waals surface area contributed by atoms with E-state index in [9.17, 15) is 9.36 Å². The van der Waals surface area contributed by atoms with Crippen LogP contribution in [-0.4, -0.2) is 11.4 Å². The Labute approximate surface area is 174 Å². The van der Waals surface area contributed by atoms with Gasteiger partial charge in [-0.1, -0.05) is 86.2 Å². The van der Waals surface area contributed by atoms with Gasteiger partial charge in [-0.2, -0.15) is 0 Å². The van der Waals surface area contributed by atoms with Gasteiger partial charge in [0.2, 0.25) is 0 Å². The molecule has 2 nitrogen and oxygen atoms in total. The molecule has 4 rings (SSSR count). The number of hydrogen-bond donors (Lipinski definition) is 0. The molecule has 0 spiro atoms. The molecule has 2 aromatic rings. The van der Waals surface area contributed by atoms with Crippen LogP contribution < -0.4 is 10.6 Å². The SMILES string of the molecule is CC1=CC[C@@H](C(C)C)[C@@H]2C(=O)C(P(=O)(c3ccccc3)c3ccccc3)CCC12. The molecule has 0 aliphatic heterocycles. The van der Waals surface area contributed by atoms with E-state index in [-0.39, 0.29) is 11.7 Å². The van der Waals surface area contributed by atoms with Crippen molar-refractivity contribution in [3.05, 3.63) is 72.3 Å². The third kappa shape index (κ3) is 3.46. The first-order valence-electron chi connectivity index (χ1n) is 10.9. The number of hydrogen-bond acceptors (Lipinski definition) is 2. The molecule has 2 unspecified atom stereocenters. The quantitative estimate of drug-likeness (QED) is 0.490. The molecule has 0 N–H and O–H groups in total. The van der Waals surface area contributed by atoms with Crippen molar-refractivity contribution in [3.63, 3.8) is 0 Å². The molecule has 0 aromatic heterocycles. The van der Waals surface area contributed by atoms with E-state index >= 15 is 0 Å². The molecule has 152 valence electrons. The first-order valence-corrected chi connectivity index (χ1v) is 12.6. The highest BCUT2D eigenvalue weighted by molar-refractivity contribution is 7.80. The van der Waals surface area contributed by atoms with Crippen LogP contribution in [0, 0.1) is 23.7 Å². The summed E-state index contributed by atoms with van der Waals surface area (Å²) in [6.45, 7) is 6.62. The lowest BCUT2D eigenvalue weighted by Crippen LogP contribution is -2.47. The van der Waals surface area contributed by atoms with Gasteiger partial charge in [0.1, 0.15) is 5.78 Å². The molecular weight excluding hydrogens is 375 g/mol. The number of benzene rings is 2. The fourth-order valence-corrected chi connectivity index (χ4v) is 8.87. The number of carbonyl (C=O) groups is 1. The lowest BCUT2D eigenvalue weighted by atomic mass is 9.62. The molecule has 4 atom stereocenters. The lowest BCUT2D eigenvalue weighted by Gasteiger charge is -2.45. The van der Waals surface area contributed by atoms with Gasteiger partial charge in [-0.3, -0.25) is 4.79 Å². The van der Waals surface area contributed by atoms with E-state index in [1.807, 2.05) is 60.7 Å². The van der Waals surface area contributed by atoms with Crippen molar-refractivity contribution >= 4 is 23.5 Å². The van der Waals surface area contributed by atoms with Gasteiger partial charge >= 0.3 is 0 Å². The molecule has 1 fully saturated rings. The van der Waals surface area contributed by atoms with Crippen molar-refractivity contribution in [2.45, 2.75) is 45.7 Å². The van der Waals surface area contributed by atoms with E-state index in [1.54, 1.807) is 0 Å². The number of Topliss-reactive ketones (excluding diaryl/α,β-unsaturated/α-hetero) is 1. The molecule has 1 saturated carbocycles. The van der Waals surface area contributed by atoms with E-state index in [2.05, 4.69) is 26.8 Å². The maximum absolute atomic E-state index is 14.8. The highest BCUT2D eigenvalue weighted by Crippen LogP contribution is 2.57. The Bertz CT molecular complexity index is 902. The third-order valence-electron chi connectivity index (χ3n) is 7.17. The maximum atomic E-state index is 14.8. The van der Waals surface area contributed by atoms with Crippen molar-refractivity contribution in [1.82, 2.24) is 0 Å². The largest absolute Gasteiger partial charge is 0.313 e. The van der Waals surface area contributed by atoms with Gasteiger partial charge in [-0.15, -0.1) is 0 Å². The summed E-state index contributed by atoms with van der Waals surface area (Å²) >= 11 is 0. The number of carbonyl (C=O) groups excluding carboxylic acids is 1. The van der Waals surface area contributed by atoms with Crippen molar-refractivity contribution in [2.75, 3.05) is 0 Å². The fraction of sp³-hybridized carbons (Fsp3) is 0.423. The van der Waals surface area contributed by atoms with Gasteiger partial charge in [-0.25, -0.2) is 0 Å². The van der Waals surface area contributed by atoms with Gasteiger partial charge in [-0.05, 0) is 43.9 Å². The Morgan fingerprint density at radius 3 is 1.97 bits per heavy atom. The summed E-state index contributed by atoms with van der Waals surface area (Å²) in [6.07, 6.45) is 4.96. The Hall–Kier alpha value is -1.92. The van der Waals surface area contributed by atoms with Crippen molar-refractivity contribution in [1.29, 1.82) is 0 Å². The summed E-state index contributed by atoms with van der Waals surface area (Å²) in [6, 6.07) is 19.4. The molecule has 3 heteroatoms. The zero-order valence-corrected chi connectivity index (χ0v) is 18.5. The predicted molar refractivity (Wildman–Crippen MR) is 121 cm³/mol. The molecule has 0 heterocycles. The predicted octanol–water partition coefficient (Wildman–Crippen LogP) is 5.59. The maximum Gasteiger partial charge on any atom is 0.153 e. The Morgan fingerprint density at radius 2 is 1.45 bits per heavy atom. The minimum Gasteiger partial charge on any atom is -0.313 e. The van der Waals surface area contributed by atoms with Crippen LogP contribution in [0.2, 0.25) is 0 Å². The van der Waals surface area contributed by atoms with E-state index in [0.29, 0.717) is 24.2 Å². The zero-order chi connectivity index (χ0) is 20.6. The number of fused-ring (bicyclic) bond motifs is 1. The van der Waals surface area contributed by atoms with Crippen molar-refractivity contribution in [2.24, 2.45) is 23.7 Å². The van der Waals surface area contributed by atoms with E-state index in [4.69, 9.17) is 0 Å². The Kier molecular flexibility index (Phi) is 5.67. The van der Waals surface area contributed by atoms with Crippen LogP contribution in [0.5, 0.6) is 0 Å². The monoisotopic (exact) mass is 406 g/mol. The number of allylic oxidation sites excluding steroid dienone is 2. The summed E-state index contributed by atoms with van der Waals surface area (Å²) in [7, 11) is -3.06. The molecule has 0 saturated heterocycles. The van der Waals surface area contributed by atoms with Crippen molar-refractivity contribution in [3.8, 4) is 0 Å². The summed E-state index contributed by atoms with van der Waals surface area (Å²) in [4.78, 5) is 14.0. The number of rotatable bonds is 4. The summed E-state index contributed by atoms with van der Waals surface area (Å²) < 4.78 is 14.8. The highest BCUT2D eigenvalue weighted by atomic mass is 31.2. The minimum absolute atomic E-state index is 0.000463. The van der Waals surface area contributed by atoms with Crippen molar-refractivity contribution < 1.29 is 9.36 Å². The fourth-order valence-electron chi connectivity index (χ4n) is 5.58. The normalized spacial score (nSPS) is 27.4. The van der Waals surface area contributed by atoms with Gasteiger partial charge in [0.15, 0.2) is 7.14 Å². The summed E-state index contributed by atoms with van der Waals surface area (Å²) in [5.74, 6) is 1.35. The highest BCUT2D eigenvalue weighted by Gasteiger charge is 2.51. The third-order valence-corrected chi connectivity index (χ3v) is 10.7. The molecule has 0 radical (unpaired) electrons. The van der Waals surface area contributed by atoms with Crippen LogP contribution in [0.15, 0.2) is 72.3 Å². The zero-order valence-electron chi connectivity index (χ0n) is 17.6. The molecule has 0 bridgehead atoms. The van der Waals surface area contributed by atoms with Crippen LogP contribution in [-0.2, 0) is 9.36 Å². The van der Waals surface area contributed by atoms with Crippen LogP contribution in [0.4, 0.5) is 0 Å². The van der Waals surface area contributed by atoms with Crippen LogP contribution in [0.1, 0.15) is 40.0 Å². The van der Waals surface area contributed by atoms with Crippen LogP contribution in [0.25, 0.3) is 0 Å². The molecule has 0 amide bonds. The number of ketones is 1. The van der Waals surface area contributed by atoms with Gasteiger partial charge in [0.25, 0.3) is 0 Å². The average molecular weight is 407 g/mol. The Balaban J connectivity index is 1.82. The summed E-state index contributed by atoms with van der Waals surface area (Å²) in [5.41, 5.74) is 0.939. The standard InChI is InChI=1S/C26H31O2P/c1-18(2)22-15-14-19(3)23-16-17-24(26(27)25(22)23)29(28,20-10-6-4-7-11-20)21-12-8-5-9-13-21/h4-14,18,22-25H,15-17H2,1-3H3/t22-,23?,24?,25-/m0/s1. The summed E-state index contributed by atoms with van der Waals surface area (Å²) in [5, 5.41) is 1.62. The second kappa shape index (κ2) is 8.07. The van der Waals surface area contributed by atoms with Gasteiger partial charge in [0, 0.05) is 16.5 Å². The smallest absolute Gasteiger partial charge is 0.153 e. The second-order valence-electron chi connectivity index (χ2n) is 9.05. The molecular formula is C26H31O2P. The van der Waals surface area contributed by atoms with Crippen LogP contribution in [0.3, 0.4) is 0 Å². The van der Waals surface area contributed by atoms with Crippen LogP contribution >= 0.6 is 7.14 Å². The molecule has 2 aliphatic rings. The molecule has 2 aromatic carbocycles. The second-order valence-corrected chi connectivity index (χ2v) is 12.0. The van der Waals surface area contributed by atoms with E-state index in [1.165, 1.54) is 5.57 Å². The average Bonchev–Trinajstić information content (AvgIpc) is 2.75. The Morgan fingerprint density at radius 1 is 0.897 bits per heavy atom. The first kappa shape index (κ1) is 20.4. The van der Waals surface area contributed by atoms with Gasteiger partial charge in [0.05, 0.1) is 5.66 Å². The topological polar surface area (TPSA) is 34.1 Å². The molecule has 2 aliphatic carbocycles. The lowest BCUT2D eigenvalue weighted by molar-refractivity contribution is -0.129. The van der Waals surface area contributed by atoms with E-state index < -0.39 is 12.8 Å². The molecule has 29 heavy (non-hydrogen) atoms.